The summed E-state index contributed by atoms with van der Waals surface area (Å²) in [5.41, 5.74) is 6.10. The highest BCUT2D eigenvalue weighted by Crippen LogP contribution is 2.23. The smallest absolute Gasteiger partial charge is 0.176 e. The van der Waals surface area contributed by atoms with Crippen LogP contribution in [0.1, 0.15) is 15.9 Å². The molecule has 0 amide bonds. The molecule has 1 aromatic rings. The minimum Gasteiger partial charge on any atom is -0.496 e. The molecule has 0 aliphatic rings. The van der Waals surface area contributed by atoms with Gasteiger partial charge in [-0.2, -0.15) is 0 Å². The van der Waals surface area contributed by atoms with Crippen LogP contribution in [0.5, 0.6) is 5.75 Å². The Morgan fingerprint density at radius 1 is 1.57 bits per heavy atom. The van der Waals surface area contributed by atoms with Gasteiger partial charge in [-0.25, -0.2) is 4.39 Å². The highest BCUT2D eigenvalue weighted by molar-refractivity contribution is 5.99. The number of benzene rings is 1. The minimum atomic E-state index is -0.496. The van der Waals surface area contributed by atoms with Crippen LogP contribution in [0.15, 0.2) is 12.1 Å². The predicted octanol–water partition coefficient (Wildman–Crippen LogP) is 1.28. The van der Waals surface area contributed by atoms with E-state index in [1.165, 1.54) is 19.2 Å². The number of hydrogen-bond donors (Lipinski definition) is 1. The summed E-state index contributed by atoms with van der Waals surface area (Å²) in [6, 6.07) is 2.41. The van der Waals surface area contributed by atoms with E-state index >= 15 is 0 Å². The van der Waals surface area contributed by atoms with Gasteiger partial charge in [0.2, 0.25) is 0 Å². The summed E-state index contributed by atoms with van der Waals surface area (Å²) in [5.74, 6) is -0.425. The molecule has 0 spiro atoms. The first kappa shape index (κ1) is 10.7. The van der Waals surface area contributed by atoms with Gasteiger partial charge in [-0.05, 0) is 13.0 Å². The molecule has 0 saturated heterocycles. The lowest BCUT2D eigenvalue weighted by Gasteiger charge is -2.08. The molecule has 0 bridgehead atoms. The summed E-state index contributed by atoms with van der Waals surface area (Å²) in [6.07, 6.45) is 0. The van der Waals surface area contributed by atoms with Gasteiger partial charge >= 0.3 is 0 Å². The number of halogens is 1. The first-order valence-electron chi connectivity index (χ1n) is 4.17. The lowest BCUT2D eigenvalue weighted by Crippen LogP contribution is -2.15. The Bertz CT molecular complexity index is 363. The van der Waals surface area contributed by atoms with Crippen molar-refractivity contribution in [3.8, 4) is 5.75 Å². The molecular formula is C10H12FNO2. The van der Waals surface area contributed by atoms with Crippen LogP contribution in [0.2, 0.25) is 0 Å². The molecular weight excluding hydrogens is 185 g/mol. The number of rotatable bonds is 3. The molecule has 0 unspecified atom stereocenters. The third kappa shape index (κ3) is 1.90. The maximum atomic E-state index is 13.0. The maximum Gasteiger partial charge on any atom is 0.176 e. The first-order valence-corrected chi connectivity index (χ1v) is 4.17. The van der Waals surface area contributed by atoms with Gasteiger partial charge in [-0.15, -0.1) is 0 Å². The van der Waals surface area contributed by atoms with Gasteiger partial charge in [0.25, 0.3) is 0 Å². The molecule has 0 radical (unpaired) electrons. The van der Waals surface area contributed by atoms with E-state index in [4.69, 9.17) is 10.5 Å². The molecule has 14 heavy (non-hydrogen) atoms. The zero-order valence-corrected chi connectivity index (χ0v) is 8.13. The third-order valence-electron chi connectivity index (χ3n) is 2.03. The number of ketones is 1. The van der Waals surface area contributed by atoms with Gasteiger partial charge in [0, 0.05) is 17.2 Å². The summed E-state index contributed by atoms with van der Waals surface area (Å²) in [5, 5.41) is 0. The molecule has 0 aliphatic carbocycles. The van der Waals surface area contributed by atoms with Gasteiger partial charge in [-0.3, -0.25) is 4.79 Å². The Balaban J connectivity index is 3.29. The van der Waals surface area contributed by atoms with Crippen LogP contribution in [0, 0.1) is 12.7 Å². The molecule has 0 saturated carbocycles. The Morgan fingerprint density at radius 3 is 2.71 bits per heavy atom. The van der Waals surface area contributed by atoms with Crippen molar-refractivity contribution >= 4 is 5.78 Å². The molecule has 1 rings (SSSR count). The number of carbonyl (C=O) groups is 1. The third-order valence-corrected chi connectivity index (χ3v) is 2.03. The molecule has 1 aromatic carbocycles. The molecule has 0 aromatic heterocycles. The standard InChI is InChI=1S/C10H12FNO2/c1-6-8(9(13)5-12)3-7(11)4-10(6)14-2/h3-4H,5,12H2,1-2H3. The number of ether oxygens (including phenoxy) is 1. The van der Waals surface area contributed by atoms with E-state index in [-0.39, 0.29) is 17.9 Å². The molecule has 4 heteroatoms. The fourth-order valence-electron chi connectivity index (χ4n) is 1.27. The molecule has 0 aliphatic heterocycles. The average molecular weight is 197 g/mol. The summed E-state index contributed by atoms with van der Waals surface area (Å²) >= 11 is 0. The van der Waals surface area contributed by atoms with E-state index in [1.807, 2.05) is 0 Å². The molecule has 0 fully saturated rings. The Hall–Kier alpha value is -1.42. The largest absolute Gasteiger partial charge is 0.496 e. The monoisotopic (exact) mass is 197 g/mol. The number of Topliss-reactive ketones (excluding diaryl/α,β-unsaturated/α-hetero) is 1. The van der Waals surface area contributed by atoms with Crippen molar-refractivity contribution in [2.45, 2.75) is 6.92 Å². The fourth-order valence-corrected chi connectivity index (χ4v) is 1.27. The Labute approximate surface area is 81.7 Å². The normalized spacial score (nSPS) is 10.0. The van der Waals surface area contributed by atoms with Crippen molar-refractivity contribution in [2.24, 2.45) is 5.73 Å². The number of hydrogen-bond acceptors (Lipinski definition) is 3. The summed E-state index contributed by atoms with van der Waals surface area (Å²) < 4.78 is 17.9. The van der Waals surface area contributed by atoms with Gasteiger partial charge in [-0.1, -0.05) is 0 Å². The second-order valence-electron chi connectivity index (χ2n) is 2.91. The van der Waals surface area contributed by atoms with Crippen molar-refractivity contribution in [1.29, 1.82) is 0 Å². The van der Waals surface area contributed by atoms with Crippen LogP contribution in [-0.4, -0.2) is 19.4 Å². The molecule has 0 heterocycles. The summed E-state index contributed by atoms with van der Waals surface area (Å²) in [7, 11) is 1.43. The lowest BCUT2D eigenvalue weighted by molar-refractivity contribution is 0.1000. The molecule has 76 valence electrons. The van der Waals surface area contributed by atoms with Crippen molar-refractivity contribution in [1.82, 2.24) is 0 Å². The number of carbonyl (C=O) groups excluding carboxylic acids is 1. The lowest BCUT2D eigenvalue weighted by atomic mass is 10.0. The summed E-state index contributed by atoms with van der Waals surface area (Å²) in [4.78, 5) is 11.3. The zero-order valence-electron chi connectivity index (χ0n) is 8.13. The second kappa shape index (κ2) is 4.19. The molecule has 3 nitrogen and oxygen atoms in total. The van der Waals surface area contributed by atoms with Crippen LogP contribution >= 0.6 is 0 Å². The van der Waals surface area contributed by atoms with Crippen molar-refractivity contribution in [2.75, 3.05) is 13.7 Å². The van der Waals surface area contributed by atoms with Gasteiger partial charge < -0.3 is 10.5 Å². The van der Waals surface area contributed by atoms with E-state index < -0.39 is 5.82 Å². The van der Waals surface area contributed by atoms with Crippen molar-refractivity contribution in [3.63, 3.8) is 0 Å². The van der Waals surface area contributed by atoms with Crippen LogP contribution in [-0.2, 0) is 0 Å². The van der Waals surface area contributed by atoms with Crippen LogP contribution < -0.4 is 10.5 Å². The van der Waals surface area contributed by atoms with E-state index in [0.29, 0.717) is 11.3 Å². The highest BCUT2D eigenvalue weighted by atomic mass is 19.1. The number of methoxy groups -OCH3 is 1. The summed E-state index contributed by atoms with van der Waals surface area (Å²) in [6.45, 7) is 1.56. The SMILES string of the molecule is COc1cc(F)cc(C(=O)CN)c1C. The van der Waals surface area contributed by atoms with E-state index in [9.17, 15) is 9.18 Å². The fraction of sp³-hybridized carbons (Fsp3) is 0.300. The van der Waals surface area contributed by atoms with Crippen LogP contribution in [0.4, 0.5) is 4.39 Å². The number of nitrogens with two attached hydrogens (primary N) is 1. The van der Waals surface area contributed by atoms with E-state index in [2.05, 4.69) is 0 Å². The van der Waals surface area contributed by atoms with Gasteiger partial charge in [0.05, 0.1) is 13.7 Å². The van der Waals surface area contributed by atoms with Crippen LogP contribution in [0.25, 0.3) is 0 Å². The zero-order chi connectivity index (χ0) is 10.7. The van der Waals surface area contributed by atoms with Gasteiger partial charge in [0.15, 0.2) is 5.78 Å². The van der Waals surface area contributed by atoms with Crippen molar-refractivity contribution < 1.29 is 13.9 Å². The topological polar surface area (TPSA) is 52.3 Å². The Morgan fingerprint density at radius 2 is 2.21 bits per heavy atom. The van der Waals surface area contributed by atoms with Crippen LogP contribution in [0.3, 0.4) is 0 Å². The molecule has 0 atom stereocenters. The predicted molar refractivity (Wildman–Crippen MR) is 51.1 cm³/mol. The first-order chi connectivity index (χ1) is 6.60. The highest BCUT2D eigenvalue weighted by Gasteiger charge is 2.12. The maximum absolute atomic E-state index is 13.0. The van der Waals surface area contributed by atoms with E-state index in [1.54, 1.807) is 6.92 Å². The average Bonchev–Trinajstić information content (AvgIpc) is 2.19. The van der Waals surface area contributed by atoms with Gasteiger partial charge in [0.1, 0.15) is 11.6 Å². The minimum absolute atomic E-state index is 0.132. The van der Waals surface area contributed by atoms with E-state index in [0.717, 1.165) is 0 Å². The molecule has 2 N–H and O–H groups in total. The van der Waals surface area contributed by atoms with Crippen molar-refractivity contribution in [3.05, 3.63) is 29.1 Å². The Kier molecular flexibility index (Phi) is 3.19. The second-order valence-corrected chi connectivity index (χ2v) is 2.91. The quantitative estimate of drug-likeness (QED) is 0.743.